The van der Waals surface area contributed by atoms with E-state index in [4.69, 9.17) is 0 Å². The summed E-state index contributed by atoms with van der Waals surface area (Å²) in [5.74, 6) is -0.221. The fraction of sp³-hybridized carbons (Fsp3) is 0.0952. The molecule has 1 N–H and O–H groups in total. The number of aromatic nitrogens is 2. The summed E-state index contributed by atoms with van der Waals surface area (Å²) in [5.41, 5.74) is 2.08. The number of rotatable bonds is 5. The highest BCUT2D eigenvalue weighted by Crippen LogP contribution is 2.32. The lowest BCUT2D eigenvalue weighted by atomic mass is 10.1. The van der Waals surface area contributed by atoms with Crippen LogP contribution in [0.15, 0.2) is 65.5 Å². The number of amides is 1. The molecule has 30 heavy (non-hydrogen) atoms. The molecule has 0 aliphatic carbocycles. The van der Waals surface area contributed by atoms with Crippen molar-refractivity contribution in [1.82, 2.24) is 9.97 Å². The summed E-state index contributed by atoms with van der Waals surface area (Å²) in [6, 6.07) is 12.2. The van der Waals surface area contributed by atoms with Gasteiger partial charge in [0, 0.05) is 33.8 Å². The molecule has 9 heteroatoms. The number of anilines is 1. The Kier molecular flexibility index (Phi) is 5.65. The van der Waals surface area contributed by atoms with Crippen LogP contribution in [0, 0.1) is 0 Å². The van der Waals surface area contributed by atoms with Gasteiger partial charge in [-0.05, 0) is 36.4 Å². The number of hydrogen-bond donors (Lipinski definition) is 1. The van der Waals surface area contributed by atoms with Crippen LogP contribution in [-0.4, -0.2) is 15.9 Å². The largest absolute Gasteiger partial charge is 0.416 e. The zero-order valence-electron chi connectivity index (χ0n) is 15.3. The second-order valence-corrected chi connectivity index (χ2v) is 8.11. The molecule has 0 saturated heterocycles. The lowest BCUT2D eigenvalue weighted by Crippen LogP contribution is -2.14. The van der Waals surface area contributed by atoms with Gasteiger partial charge >= 0.3 is 6.18 Å². The monoisotopic (exact) mass is 445 g/mol. The topological polar surface area (TPSA) is 54.9 Å². The molecule has 4 nitrogen and oxygen atoms in total. The summed E-state index contributed by atoms with van der Waals surface area (Å²) in [6.07, 6.45) is -2.56. The Balaban J connectivity index is 1.38. The van der Waals surface area contributed by atoms with Crippen LogP contribution in [0.2, 0.25) is 0 Å². The molecule has 2 aromatic heterocycles. The van der Waals surface area contributed by atoms with Gasteiger partial charge < -0.3 is 5.32 Å². The van der Waals surface area contributed by atoms with Crippen LogP contribution in [0.4, 0.5) is 18.9 Å². The molecule has 0 fully saturated rings. The minimum atomic E-state index is -4.37. The molecule has 1 amide bonds. The first-order valence-electron chi connectivity index (χ1n) is 8.80. The van der Waals surface area contributed by atoms with Gasteiger partial charge in [0.1, 0.15) is 10.0 Å². The first-order chi connectivity index (χ1) is 14.4. The summed E-state index contributed by atoms with van der Waals surface area (Å²) in [7, 11) is 0. The van der Waals surface area contributed by atoms with Crippen LogP contribution in [0.25, 0.3) is 21.1 Å². The van der Waals surface area contributed by atoms with Crippen molar-refractivity contribution < 1.29 is 18.0 Å². The van der Waals surface area contributed by atoms with E-state index >= 15 is 0 Å². The summed E-state index contributed by atoms with van der Waals surface area (Å²) in [6.45, 7) is 0. The first kappa shape index (κ1) is 20.2. The predicted octanol–water partition coefficient (Wildman–Crippen LogP) is 6.13. The van der Waals surface area contributed by atoms with Crippen molar-refractivity contribution in [2.45, 2.75) is 12.6 Å². The Morgan fingerprint density at radius 2 is 1.60 bits per heavy atom. The van der Waals surface area contributed by atoms with E-state index in [1.165, 1.54) is 34.8 Å². The van der Waals surface area contributed by atoms with Crippen molar-refractivity contribution in [3.05, 3.63) is 76.7 Å². The number of carbonyl (C=O) groups is 1. The average Bonchev–Trinajstić information content (AvgIpc) is 3.40. The van der Waals surface area contributed by atoms with Gasteiger partial charge in [-0.1, -0.05) is 12.1 Å². The Morgan fingerprint density at radius 1 is 0.933 bits per heavy atom. The quantitative estimate of drug-likeness (QED) is 0.402. The van der Waals surface area contributed by atoms with Crippen LogP contribution in [0.5, 0.6) is 0 Å². The fourth-order valence-corrected chi connectivity index (χ4v) is 4.22. The molecule has 4 rings (SSSR count). The number of alkyl halides is 3. The standard InChI is InChI=1S/C21H14F3N3OS2/c22-21(23,24)15-5-1-14(2-6-15)20-27-17(12-30-20)11-18(28)26-16-7-3-13(4-8-16)19-25-9-10-29-19/h1-10,12H,11H2,(H,26,28). The maximum Gasteiger partial charge on any atom is 0.416 e. The van der Waals surface area contributed by atoms with Crippen LogP contribution >= 0.6 is 22.7 Å². The molecule has 0 spiro atoms. The maximum absolute atomic E-state index is 12.7. The van der Waals surface area contributed by atoms with E-state index in [1.54, 1.807) is 11.6 Å². The van der Waals surface area contributed by atoms with Gasteiger partial charge in [-0.3, -0.25) is 4.79 Å². The highest BCUT2D eigenvalue weighted by molar-refractivity contribution is 7.13. The van der Waals surface area contributed by atoms with E-state index in [0.717, 1.165) is 22.7 Å². The second kappa shape index (κ2) is 8.37. The number of carbonyl (C=O) groups excluding carboxylic acids is 1. The van der Waals surface area contributed by atoms with Crippen molar-refractivity contribution in [2.24, 2.45) is 0 Å². The molecule has 4 aromatic rings. The smallest absolute Gasteiger partial charge is 0.326 e. The van der Waals surface area contributed by atoms with E-state index in [-0.39, 0.29) is 12.3 Å². The Hall–Kier alpha value is -3.04. The highest BCUT2D eigenvalue weighted by Gasteiger charge is 2.30. The number of nitrogens with zero attached hydrogens (tertiary/aromatic N) is 2. The lowest BCUT2D eigenvalue weighted by Gasteiger charge is -2.06. The van der Waals surface area contributed by atoms with Gasteiger partial charge in [-0.15, -0.1) is 22.7 Å². The normalized spacial score (nSPS) is 11.4. The van der Waals surface area contributed by atoms with Crippen molar-refractivity contribution in [2.75, 3.05) is 5.32 Å². The lowest BCUT2D eigenvalue weighted by molar-refractivity contribution is -0.137. The van der Waals surface area contributed by atoms with Crippen molar-refractivity contribution in [3.63, 3.8) is 0 Å². The van der Waals surface area contributed by atoms with Crippen LogP contribution in [0.1, 0.15) is 11.3 Å². The summed E-state index contributed by atoms with van der Waals surface area (Å²) in [5, 5.41) is 7.93. The molecule has 152 valence electrons. The first-order valence-corrected chi connectivity index (χ1v) is 10.6. The second-order valence-electron chi connectivity index (χ2n) is 6.36. The van der Waals surface area contributed by atoms with E-state index in [0.29, 0.717) is 22.0 Å². The van der Waals surface area contributed by atoms with E-state index in [1.807, 2.05) is 29.6 Å². The van der Waals surface area contributed by atoms with Crippen molar-refractivity contribution in [3.8, 4) is 21.1 Å². The van der Waals surface area contributed by atoms with Crippen molar-refractivity contribution >= 4 is 34.3 Å². The van der Waals surface area contributed by atoms with Gasteiger partial charge in [0.15, 0.2) is 0 Å². The van der Waals surface area contributed by atoms with Crippen LogP contribution < -0.4 is 5.32 Å². The van der Waals surface area contributed by atoms with E-state index in [9.17, 15) is 18.0 Å². The average molecular weight is 445 g/mol. The fourth-order valence-electron chi connectivity index (χ4n) is 2.75. The van der Waals surface area contributed by atoms with Crippen LogP contribution in [-0.2, 0) is 17.4 Å². The minimum absolute atomic E-state index is 0.0748. The zero-order valence-corrected chi connectivity index (χ0v) is 16.9. The number of nitrogens with one attached hydrogen (secondary N) is 1. The molecule has 0 atom stereocenters. The van der Waals surface area contributed by atoms with E-state index in [2.05, 4.69) is 15.3 Å². The van der Waals surface area contributed by atoms with Gasteiger partial charge in [0.2, 0.25) is 5.91 Å². The number of hydrogen-bond acceptors (Lipinski definition) is 5. The number of benzene rings is 2. The van der Waals surface area contributed by atoms with Crippen LogP contribution in [0.3, 0.4) is 0 Å². The molecule has 2 aromatic carbocycles. The molecule has 0 aliphatic heterocycles. The summed E-state index contributed by atoms with van der Waals surface area (Å²) >= 11 is 2.83. The molecular formula is C21H14F3N3OS2. The van der Waals surface area contributed by atoms with Gasteiger partial charge in [-0.2, -0.15) is 13.2 Å². The number of halogens is 3. The molecule has 0 aliphatic rings. The molecule has 2 heterocycles. The van der Waals surface area contributed by atoms with Gasteiger partial charge in [0.05, 0.1) is 17.7 Å². The van der Waals surface area contributed by atoms with Gasteiger partial charge in [-0.25, -0.2) is 9.97 Å². The van der Waals surface area contributed by atoms with Gasteiger partial charge in [0.25, 0.3) is 0 Å². The summed E-state index contributed by atoms with van der Waals surface area (Å²) in [4.78, 5) is 20.9. The zero-order chi connectivity index (χ0) is 21.1. The molecule has 0 saturated carbocycles. The predicted molar refractivity (Wildman–Crippen MR) is 112 cm³/mol. The Morgan fingerprint density at radius 3 is 2.23 bits per heavy atom. The Labute approximate surface area is 178 Å². The van der Waals surface area contributed by atoms with Crippen molar-refractivity contribution in [1.29, 1.82) is 0 Å². The Bertz CT molecular complexity index is 1140. The third-order valence-electron chi connectivity index (χ3n) is 4.20. The van der Waals surface area contributed by atoms with E-state index < -0.39 is 11.7 Å². The molecule has 0 unspecified atom stereocenters. The third kappa shape index (κ3) is 4.74. The summed E-state index contributed by atoms with van der Waals surface area (Å²) < 4.78 is 38.0. The maximum atomic E-state index is 12.7. The molecule has 0 radical (unpaired) electrons. The molecule has 0 bridgehead atoms. The number of thiazole rings is 2. The molecular weight excluding hydrogens is 431 g/mol. The SMILES string of the molecule is O=C(Cc1csc(-c2ccc(C(F)(F)F)cc2)n1)Nc1ccc(-c2nccs2)cc1. The highest BCUT2D eigenvalue weighted by atomic mass is 32.1. The third-order valence-corrected chi connectivity index (χ3v) is 5.96. The minimum Gasteiger partial charge on any atom is -0.326 e.